The fraction of sp³-hybridized carbons (Fsp3) is 0.750. The molecule has 3 amide bonds. The molecule has 1 atom stereocenters. The molecule has 2 fully saturated rings. The highest BCUT2D eigenvalue weighted by molar-refractivity contribution is 6.02. The van der Waals surface area contributed by atoms with Gasteiger partial charge in [-0.1, -0.05) is 0 Å². The third-order valence-corrected chi connectivity index (χ3v) is 3.61. The van der Waals surface area contributed by atoms with Crippen LogP contribution < -0.4 is 0 Å². The van der Waals surface area contributed by atoms with Gasteiger partial charge in [-0.15, -0.1) is 0 Å². The molecular formula is C12H18N2O4. The van der Waals surface area contributed by atoms with E-state index in [0.717, 1.165) is 12.8 Å². The first kappa shape index (κ1) is 13.0. The van der Waals surface area contributed by atoms with Crippen LogP contribution in [-0.2, 0) is 14.4 Å². The average molecular weight is 254 g/mol. The number of hydrogen-bond acceptors (Lipinski definition) is 4. The van der Waals surface area contributed by atoms with Crippen LogP contribution in [0.2, 0.25) is 0 Å². The van der Waals surface area contributed by atoms with Crippen molar-refractivity contribution < 1.29 is 19.5 Å². The number of carbonyl (C=O) groups is 3. The lowest BCUT2D eigenvalue weighted by molar-refractivity contribution is -0.139. The summed E-state index contributed by atoms with van der Waals surface area (Å²) in [4.78, 5) is 37.5. The fourth-order valence-corrected chi connectivity index (χ4v) is 2.58. The van der Waals surface area contributed by atoms with Crippen molar-refractivity contribution in [2.45, 2.75) is 38.1 Å². The van der Waals surface area contributed by atoms with Gasteiger partial charge in [-0.05, 0) is 12.8 Å². The molecule has 0 saturated carbocycles. The number of likely N-dealkylation sites (tertiary alicyclic amines) is 2. The normalized spacial score (nSPS) is 24.2. The first-order valence-electron chi connectivity index (χ1n) is 6.37. The Bertz CT molecular complexity index is 353. The highest BCUT2D eigenvalue weighted by Gasteiger charge is 2.31. The predicted molar refractivity (Wildman–Crippen MR) is 62.4 cm³/mol. The Kier molecular flexibility index (Phi) is 3.96. The van der Waals surface area contributed by atoms with Crippen molar-refractivity contribution in [3.05, 3.63) is 0 Å². The minimum Gasteiger partial charge on any atom is -0.394 e. The molecule has 18 heavy (non-hydrogen) atoms. The summed E-state index contributed by atoms with van der Waals surface area (Å²) in [6.07, 6.45) is 2.41. The lowest BCUT2D eigenvalue weighted by Crippen LogP contribution is -2.40. The SMILES string of the molecule is O=C1CCC(=O)N1CCC(=O)N1CCCC1CO. The van der Waals surface area contributed by atoms with Crippen LogP contribution in [0, 0.1) is 0 Å². The quantitative estimate of drug-likeness (QED) is 0.687. The molecule has 0 aromatic heterocycles. The zero-order valence-electron chi connectivity index (χ0n) is 10.3. The van der Waals surface area contributed by atoms with Crippen LogP contribution in [0.15, 0.2) is 0 Å². The predicted octanol–water partition coefficient (Wildman–Crippen LogP) is -0.491. The monoisotopic (exact) mass is 254 g/mol. The number of aliphatic hydroxyl groups is 1. The molecule has 2 rings (SSSR count). The van der Waals surface area contributed by atoms with Crippen molar-refractivity contribution in [3.63, 3.8) is 0 Å². The van der Waals surface area contributed by atoms with Gasteiger partial charge in [-0.2, -0.15) is 0 Å². The lowest BCUT2D eigenvalue weighted by Gasteiger charge is -2.24. The molecule has 0 radical (unpaired) electrons. The molecule has 2 saturated heterocycles. The van der Waals surface area contributed by atoms with Crippen LogP contribution >= 0.6 is 0 Å². The van der Waals surface area contributed by atoms with Crippen LogP contribution in [-0.4, -0.2) is 58.4 Å². The number of amides is 3. The molecule has 0 bridgehead atoms. The molecule has 2 heterocycles. The molecule has 1 unspecified atom stereocenters. The Morgan fingerprint density at radius 2 is 1.94 bits per heavy atom. The number of carbonyl (C=O) groups excluding carboxylic acids is 3. The first-order valence-corrected chi connectivity index (χ1v) is 6.37. The van der Waals surface area contributed by atoms with Gasteiger partial charge in [0.2, 0.25) is 17.7 Å². The van der Waals surface area contributed by atoms with E-state index in [9.17, 15) is 14.4 Å². The van der Waals surface area contributed by atoms with Crippen molar-refractivity contribution in [2.24, 2.45) is 0 Å². The second-order valence-corrected chi connectivity index (χ2v) is 4.75. The van der Waals surface area contributed by atoms with Gasteiger partial charge in [0.25, 0.3) is 0 Å². The van der Waals surface area contributed by atoms with Gasteiger partial charge >= 0.3 is 0 Å². The topological polar surface area (TPSA) is 77.9 Å². The molecule has 6 nitrogen and oxygen atoms in total. The molecule has 1 N–H and O–H groups in total. The van der Waals surface area contributed by atoms with Crippen molar-refractivity contribution in [1.82, 2.24) is 9.80 Å². The van der Waals surface area contributed by atoms with Crippen molar-refractivity contribution in [2.75, 3.05) is 19.7 Å². The number of nitrogens with zero attached hydrogens (tertiary/aromatic N) is 2. The van der Waals surface area contributed by atoms with E-state index in [1.807, 2.05) is 0 Å². The second kappa shape index (κ2) is 5.48. The first-order chi connectivity index (χ1) is 8.63. The Labute approximate surface area is 106 Å². The van der Waals surface area contributed by atoms with Crippen molar-refractivity contribution in [3.8, 4) is 0 Å². The van der Waals surface area contributed by atoms with E-state index in [1.165, 1.54) is 4.90 Å². The minimum absolute atomic E-state index is 0.0205. The number of aliphatic hydroxyl groups excluding tert-OH is 1. The summed E-state index contributed by atoms with van der Waals surface area (Å²) >= 11 is 0. The third kappa shape index (κ3) is 2.53. The molecule has 0 aromatic rings. The Morgan fingerprint density at radius 3 is 2.56 bits per heavy atom. The minimum atomic E-state index is -0.187. The average Bonchev–Trinajstić information content (AvgIpc) is 2.94. The Morgan fingerprint density at radius 1 is 1.28 bits per heavy atom. The maximum absolute atomic E-state index is 12.0. The Balaban J connectivity index is 1.84. The number of imide groups is 1. The summed E-state index contributed by atoms with van der Waals surface area (Å²) in [5.74, 6) is -0.458. The molecule has 0 aliphatic carbocycles. The molecular weight excluding hydrogens is 236 g/mol. The second-order valence-electron chi connectivity index (χ2n) is 4.75. The maximum atomic E-state index is 12.0. The highest BCUT2D eigenvalue weighted by Crippen LogP contribution is 2.18. The molecule has 0 spiro atoms. The van der Waals surface area contributed by atoms with Gasteiger partial charge in [-0.25, -0.2) is 0 Å². The van der Waals surface area contributed by atoms with E-state index in [0.29, 0.717) is 6.54 Å². The summed E-state index contributed by atoms with van der Waals surface area (Å²) in [6.45, 7) is 0.810. The molecule has 2 aliphatic heterocycles. The van der Waals surface area contributed by atoms with E-state index < -0.39 is 0 Å². The van der Waals surface area contributed by atoms with E-state index in [-0.39, 0.29) is 56.2 Å². The summed E-state index contributed by atoms with van der Waals surface area (Å²) in [5.41, 5.74) is 0. The van der Waals surface area contributed by atoms with Crippen molar-refractivity contribution in [1.29, 1.82) is 0 Å². The zero-order chi connectivity index (χ0) is 13.1. The van der Waals surface area contributed by atoms with Gasteiger partial charge in [0, 0.05) is 32.4 Å². The summed E-state index contributed by atoms with van der Waals surface area (Å²) in [5, 5.41) is 9.14. The van der Waals surface area contributed by atoms with Gasteiger partial charge < -0.3 is 10.0 Å². The van der Waals surface area contributed by atoms with Gasteiger partial charge in [0.05, 0.1) is 12.6 Å². The Hall–Kier alpha value is -1.43. The number of hydrogen-bond donors (Lipinski definition) is 1. The van der Waals surface area contributed by atoms with Gasteiger partial charge in [-0.3, -0.25) is 19.3 Å². The zero-order valence-corrected chi connectivity index (χ0v) is 10.3. The smallest absolute Gasteiger partial charge is 0.229 e. The highest BCUT2D eigenvalue weighted by atomic mass is 16.3. The lowest BCUT2D eigenvalue weighted by atomic mass is 10.2. The fourth-order valence-electron chi connectivity index (χ4n) is 2.58. The van der Waals surface area contributed by atoms with Gasteiger partial charge in [0.15, 0.2) is 0 Å². The molecule has 2 aliphatic rings. The van der Waals surface area contributed by atoms with Crippen LogP contribution in [0.3, 0.4) is 0 Å². The van der Waals surface area contributed by atoms with E-state index in [2.05, 4.69) is 0 Å². The van der Waals surface area contributed by atoms with Crippen LogP contribution in [0.5, 0.6) is 0 Å². The van der Waals surface area contributed by atoms with E-state index >= 15 is 0 Å². The van der Waals surface area contributed by atoms with Crippen molar-refractivity contribution >= 4 is 17.7 Å². The van der Waals surface area contributed by atoms with Crippen LogP contribution in [0.1, 0.15) is 32.1 Å². The van der Waals surface area contributed by atoms with E-state index in [1.54, 1.807) is 4.90 Å². The molecule has 100 valence electrons. The molecule has 6 heteroatoms. The summed E-state index contributed by atoms with van der Waals surface area (Å²) < 4.78 is 0. The largest absolute Gasteiger partial charge is 0.394 e. The number of rotatable bonds is 4. The maximum Gasteiger partial charge on any atom is 0.229 e. The third-order valence-electron chi connectivity index (χ3n) is 3.61. The summed E-state index contributed by atoms with van der Waals surface area (Å²) in [7, 11) is 0. The standard InChI is InChI=1S/C12H18N2O4/c15-8-9-2-1-6-13(9)12(18)5-7-14-10(16)3-4-11(14)17/h9,15H,1-8H2. The molecule has 0 aromatic carbocycles. The van der Waals surface area contributed by atoms with Crippen LogP contribution in [0.25, 0.3) is 0 Å². The van der Waals surface area contributed by atoms with Gasteiger partial charge in [0.1, 0.15) is 0 Å². The summed E-state index contributed by atoms with van der Waals surface area (Å²) in [6, 6.07) is -0.0949. The van der Waals surface area contributed by atoms with Crippen LogP contribution in [0.4, 0.5) is 0 Å². The van der Waals surface area contributed by atoms with E-state index in [4.69, 9.17) is 5.11 Å².